The second-order valence-electron chi connectivity index (χ2n) is 4.05. The average Bonchev–Trinajstić information content (AvgIpc) is 2.46. The highest BCUT2D eigenvalue weighted by atomic mass is 19.1. The standard InChI is InChI=1S/C15H12FNO2/c16-12-7-4-10-17-15(12)14(19)9-8-13(18)11-5-2-1-3-6-11/h1-7,10H,8-9H2. The maximum Gasteiger partial charge on any atom is 0.184 e. The molecule has 3 nitrogen and oxygen atoms in total. The van der Waals surface area contributed by atoms with Gasteiger partial charge in [-0.2, -0.15) is 0 Å². The van der Waals surface area contributed by atoms with Crippen molar-refractivity contribution in [2.24, 2.45) is 0 Å². The largest absolute Gasteiger partial charge is 0.294 e. The molecule has 0 saturated carbocycles. The highest BCUT2D eigenvalue weighted by molar-refractivity contribution is 6.01. The molecule has 0 amide bonds. The average molecular weight is 257 g/mol. The Kier molecular flexibility index (Phi) is 4.13. The fourth-order valence-corrected chi connectivity index (χ4v) is 1.70. The summed E-state index contributed by atoms with van der Waals surface area (Å²) in [5, 5.41) is 0. The fourth-order valence-electron chi connectivity index (χ4n) is 1.70. The monoisotopic (exact) mass is 257 g/mol. The summed E-state index contributed by atoms with van der Waals surface area (Å²) in [5.74, 6) is -1.24. The summed E-state index contributed by atoms with van der Waals surface area (Å²) in [4.78, 5) is 27.2. The van der Waals surface area contributed by atoms with Crippen molar-refractivity contribution in [3.63, 3.8) is 0 Å². The van der Waals surface area contributed by atoms with Crippen LogP contribution in [0.3, 0.4) is 0 Å². The molecule has 0 aliphatic rings. The zero-order valence-electron chi connectivity index (χ0n) is 10.2. The van der Waals surface area contributed by atoms with Crippen LogP contribution in [0.1, 0.15) is 33.7 Å². The van der Waals surface area contributed by atoms with Crippen molar-refractivity contribution < 1.29 is 14.0 Å². The Balaban J connectivity index is 1.98. The third-order valence-corrected chi connectivity index (χ3v) is 2.70. The number of benzene rings is 1. The molecule has 1 aromatic carbocycles. The molecule has 1 aromatic heterocycles. The lowest BCUT2D eigenvalue weighted by Gasteiger charge is -2.01. The number of carbonyl (C=O) groups excluding carboxylic acids is 2. The molecule has 0 fully saturated rings. The summed E-state index contributed by atoms with van der Waals surface area (Å²) in [6.07, 6.45) is 1.37. The molecular weight excluding hydrogens is 245 g/mol. The van der Waals surface area contributed by atoms with Crippen LogP contribution in [0.5, 0.6) is 0 Å². The molecule has 0 saturated heterocycles. The summed E-state index contributed by atoms with van der Waals surface area (Å²) in [7, 11) is 0. The van der Waals surface area contributed by atoms with Crippen LogP contribution in [0.15, 0.2) is 48.7 Å². The van der Waals surface area contributed by atoms with Crippen LogP contribution >= 0.6 is 0 Å². The predicted molar refractivity (Wildman–Crippen MR) is 68.5 cm³/mol. The smallest absolute Gasteiger partial charge is 0.184 e. The van der Waals surface area contributed by atoms with Crippen molar-refractivity contribution in [2.45, 2.75) is 12.8 Å². The minimum Gasteiger partial charge on any atom is -0.294 e. The fraction of sp³-hybridized carbons (Fsp3) is 0.133. The summed E-state index contributed by atoms with van der Waals surface area (Å²) in [6.45, 7) is 0. The number of Topliss-reactive ketones (excluding diaryl/α,β-unsaturated/α-hetero) is 2. The SMILES string of the molecule is O=C(CCC(=O)c1ncccc1F)c1ccccc1. The highest BCUT2D eigenvalue weighted by Gasteiger charge is 2.15. The van der Waals surface area contributed by atoms with Gasteiger partial charge >= 0.3 is 0 Å². The number of hydrogen-bond donors (Lipinski definition) is 0. The van der Waals surface area contributed by atoms with Crippen LogP contribution in [0.25, 0.3) is 0 Å². The molecule has 0 aliphatic carbocycles. The molecule has 2 rings (SSSR count). The number of ketones is 2. The Morgan fingerprint density at radius 3 is 2.32 bits per heavy atom. The predicted octanol–water partition coefficient (Wildman–Crippen LogP) is 3.07. The maximum absolute atomic E-state index is 13.3. The first kappa shape index (κ1) is 13.1. The Morgan fingerprint density at radius 2 is 1.63 bits per heavy atom. The normalized spacial score (nSPS) is 10.2. The van der Waals surface area contributed by atoms with Gasteiger partial charge in [-0.3, -0.25) is 14.6 Å². The van der Waals surface area contributed by atoms with E-state index in [-0.39, 0.29) is 24.3 Å². The molecule has 19 heavy (non-hydrogen) atoms. The van der Waals surface area contributed by atoms with E-state index in [9.17, 15) is 14.0 Å². The van der Waals surface area contributed by atoms with Gasteiger partial charge < -0.3 is 0 Å². The van der Waals surface area contributed by atoms with Crippen molar-refractivity contribution >= 4 is 11.6 Å². The number of halogens is 1. The summed E-state index contributed by atoms with van der Waals surface area (Å²) in [6, 6.07) is 11.3. The van der Waals surface area contributed by atoms with Gasteiger partial charge in [-0.05, 0) is 12.1 Å². The van der Waals surface area contributed by atoms with E-state index in [1.165, 1.54) is 18.3 Å². The van der Waals surface area contributed by atoms with E-state index in [4.69, 9.17) is 0 Å². The molecule has 1 heterocycles. The van der Waals surface area contributed by atoms with Gasteiger partial charge in [0, 0.05) is 24.6 Å². The summed E-state index contributed by atoms with van der Waals surface area (Å²) in [5.41, 5.74) is 0.347. The molecule has 0 spiro atoms. The molecule has 0 bridgehead atoms. The number of pyridine rings is 1. The van der Waals surface area contributed by atoms with Gasteiger partial charge in [0.05, 0.1) is 0 Å². The van der Waals surface area contributed by atoms with Crippen LogP contribution in [0, 0.1) is 5.82 Å². The molecule has 0 N–H and O–H groups in total. The Hall–Kier alpha value is -2.36. The summed E-state index contributed by atoms with van der Waals surface area (Å²) < 4.78 is 13.3. The van der Waals surface area contributed by atoms with Gasteiger partial charge in [-0.1, -0.05) is 30.3 Å². The second-order valence-corrected chi connectivity index (χ2v) is 4.05. The molecule has 0 aliphatic heterocycles. The zero-order chi connectivity index (χ0) is 13.7. The van der Waals surface area contributed by atoms with E-state index < -0.39 is 11.6 Å². The van der Waals surface area contributed by atoms with Crippen LogP contribution in [0.4, 0.5) is 4.39 Å². The lowest BCUT2D eigenvalue weighted by molar-refractivity contribution is 0.0912. The Labute approximate surface area is 110 Å². The molecule has 0 radical (unpaired) electrons. The third kappa shape index (κ3) is 3.31. The second kappa shape index (κ2) is 6.00. The zero-order valence-corrected chi connectivity index (χ0v) is 10.2. The van der Waals surface area contributed by atoms with Crippen LogP contribution in [-0.4, -0.2) is 16.6 Å². The summed E-state index contributed by atoms with van der Waals surface area (Å²) >= 11 is 0. The minimum absolute atomic E-state index is 0.0400. The van der Waals surface area contributed by atoms with Gasteiger partial charge in [0.1, 0.15) is 5.69 Å². The van der Waals surface area contributed by atoms with Crippen LogP contribution < -0.4 is 0 Å². The molecule has 0 atom stereocenters. The van der Waals surface area contributed by atoms with Crippen molar-refractivity contribution in [1.82, 2.24) is 4.98 Å². The maximum atomic E-state index is 13.3. The number of rotatable bonds is 5. The third-order valence-electron chi connectivity index (χ3n) is 2.70. The lowest BCUT2D eigenvalue weighted by Crippen LogP contribution is -2.08. The lowest BCUT2D eigenvalue weighted by atomic mass is 10.0. The van der Waals surface area contributed by atoms with Crippen LogP contribution in [0.2, 0.25) is 0 Å². The van der Waals surface area contributed by atoms with E-state index in [0.29, 0.717) is 5.56 Å². The van der Waals surface area contributed by atoms with Gasteiger partial charge in [0.25, 0.3) is 0 Å². The Bertz CT molecular complexity index is 596. The van der Waals surface area contributed by atoms with Gasteiger partial charge in [-0.25, -0.2) is 4.39 Å². The first-order valence-corrected chi connectivity index (χ1v) is 5.90. The number of aromatic nitrogens is 1. The van der Waals surface area contributed by atoms with E-state index in [1.54, 1.807) is 24.3 Å². The van der Waals surface area contributed by atoms with Crippen molar-refractivity contribution in [1.29, 1.82) is 0 Å². The first-order chi connectivity index (χ1) is 9.18. The number of hydrogen-bond acceptors (Lipinski definition) is 3. The topological polar surface area (TPSA) is 47.0 Å². The van der Waals surface area contributed by atoms with Crippen molar-refractivity contribution in [3.8, 4) is 0 Å². The van der Waals surface area contributed by atoms with Gasteiger partial charge in [-0.15, -0.1) is 0 Å². The molecule has 2 aromatic rings. The van der Waals surface area contributed by atoms with E-state index in [1.807, 2.05) is 6.07 Å². The number of nitrogens with zero attached hydrogens (tertiary/aromatic N) is 1. The molecule has 96 valence electrons. The van der Waals surface area contributed by atoms with Crippen LogP contribution in [-0.2, 0) is 0 Å². The van der Waals surface area contributed by atoms with E-state index >= 15 is 0 Å². The molecular formula is C15H12FNO2. The van der Waals surface area contributed by atoms with Gasteiger partial charge in [0.2, 0.25) is 0 Å². The highest BCUT2D eigenvalue weighted by Crippen LogP contribution is 2.10. The molecule has 4 heteroatoms. The van der Waals surface area contributed by atoms with Crippen molar-refractivity contribution in [2.75, 3.05) is 0 Å². The molecule has 0 unspecified atom stereocenters. The quantitative estimate of drug-likeness (QED) is 0.773. The van der Waals surface area contributed by atoms with Gasteiger partial charge in [0.15, 0.2) is 17.4 Å². The Morgan fingerprint density at radius 1 is 0.947 bits per heavy atom. The van der Waals surface area contributed by atoms with Crippen molar-refractivity contribution in [3.05, 3.63) is 65.7 Å². The van der Waals surface area contributed by atoms with E-state index in [0.717, 1.165) is 0 Å². The van der Waals surface area contributed by atoms with E-state index in [2.05, 4.69) is 4.98 Å². The minimum atomic E-state index is -0.653. The number of carbonyl (C=O) groups is 2. The first-order valence-electron chi connectivity index (χ1n) is 5.90.